The molecule has 0 saturated carbocycles. The molecule has 0 radical (unpaired) electrons. The molecule has 0 saturated heterocycles. The molecule has 28 heavy (non-hydrogen) atoms. The number of carbonyl (C=O) groups excluding carboxylic acids is 1. The molecule has 7 heteroatoms. The zero-order chi connectivity index (χ0) is 19.8. The van der Waals surface area contributed by atoms with Gasteiger partial charge in [0.15, 0.2) is 0 Å². The highest BCUT2D eigenvalue weighted by molar-refractivity contribution is 5.95. The van der Waals surface area contributed by atoms with Gasteiger partial charge in [-0.25, -0.2) is 9.59 Å². The van der Waals surface area contributed by atoms with Crippen LogP contribution in [-0.2, 0) is 11.2 Å². The van der Waals surface area contributed by atoms with Gasteiger partial charge < -0.3 is 19.3 Å². The molecule has 2 aromatic carbocycles. The first-order valence-corrected chi connectivity index (χ1v) is 8.50. The number of amides is 1. The Hall–Kier alpha value is -3.87. The fourth-order valence-corrected chi connectivity index (χ4v) is 3.10. The highest BCUT2D eigenvalue weighted by Crippen LogP contribution is 2.24. The minimum absolute atomic E-state index is 0.00678. The van der Waals surface area contributed by atoms with E-state index in [-0.39, 0.29) is 29.2 Å². The molecule has 0 fully saturated rings. The van der Waals surface area contributed by atoms with E-state index in [1.165, 1.54) is 18.2 Å². The average Bonchev–Trinajstić information content (AvgIpc) is 2.65. The SMILES string of the molecule is Cc1c(CC(=O)Nc2ccc3oc(=O)ccc3c2)c(=O)oc2cc(O)ccc12. The molecule has 0 atom stereocenters. The number of aromatic hydroxyl groups is 1. The molecule has 0 aliphatic carbocycles. The van der Waals surface area contributed by atoms with Crippen LogP contribution in [-0.4, -0.2) is 11.0 Å². The molecule has 0 aliphatic rings. The topological polar surface area (TPSA) is 110 Å². The van der Waals surface area contributed by atoms with Gasteiger partial charge in [0.2, 0.25) is 5.91 Å². The molecule has 0 aliphatic heterocycles. The monoisotopic (exact) mass is 377 g/mol. The molecule has 4 aromatic rings. The third kappa shape index (κ3) is 3.25. The first kappa shape index (κ1) is 17.5. The van der Waals surface area contributed by atoms with Crippen LogP contribution in [0.5, 0.6) is 5.75 Å². The van der Waals surface area contributed by atoms with E-state index in [1.807, 2.05) is 0 Å². The Morgan fingerprint density at radius 2 is 1.82 bits per heavy atom. The molecule has 140 valence electrons. The van der Waals surface area contributed by atoms with E-state index in [4.69, 9.17) is 8.83 Å². The molecule has 1 amide bonds. The number of fused-ring (bicyclic) bond motifs is 2. The Morgan fingerprint density at radius 1 is 1.00 bits per heavy atom. The summed E-state index contributed by atoms with van der Waals surface area (Å²) in [6, 6.07) is 12.3. The van der Waals surface area contributed by atoms with Gasteiger partial charge in [-0.15, -0.1) is 0 Å². The highest BCUT2D eigenvalue weighted by Gasteiger charge is 2.15. The summed E-state index contributed by atoms with van der Waals surface area (Å²) >= 11 is 0. The predicted octanol–water partition coefficient (Wildman–Crippen LogP) is 3.09. The minimum atomic E-state index is -0.619. The standard InChI is InChI=1S/C21H15NO6/c1-11-15-5-4-14(23)9-18(15)28-21(26)16(11)10-19(24)22-13-3-6-17-12(8-13)2-7-20(25)27-17/h2-9,23H,10H2,1H3,(H,22,24). The maximum Gasteiger partial charge on any atom is 0.340 e. The smallest absolute Gasteiger partial charge is 0.340 e. The molecule has 2 N–H and O–H groups in total. The lowest BCUT2D eigenvalue weighted by Gasteiger charge is -2.09. The molecule has 0 bridgehead atoms. The molecule has 2 aromatic heterocycles. The van der Waals surface area contributed by atoms with Gasteiger partial charge in [-0.1, -0.05) is 0 Å². The van der Waals surface area contributed by atoms with Crippen molar-refractivity contribution >= 4 is 33.5 Å². The third-order valence-electron chi connectivity index (χ3n) is 4.51. The van der Waals surface area contributed by atoms with E-state index < -0.39 is 11.3 Å². The van der Waals surface area contributed by atoms with Crippen LogP contribution in [0.3, 0.4) is 0 Å². The molecule has 4 rings (SSSR count). The summed E-state index contributed by atoms with van der Waals surface area (Å²) in [4.78, 5) is 36.0. The van der Waals surface area contributed by atoms with Crippen molar-refractivity contribution in [3.05, 3.63) is 80.5 Å². The van der Waals surface area contributed by atoms with E-state index in [1.54, 1.807) is 37.3 Å². The zero-order valence-corrected chi connectivity index (χ0v) is 14.8. The number of anilines is 1. The normalized spacial score (nSPS) is 11.0. The van der Waals surface area contributed by atoms with Crippen LogP contribution in [0.1, 0.15) is 11.1 Å². The van der Waals surface area contributed by atoms with Gasteiger partial charge in [0, 0.05) is 28.6 Å². The van der Waals surface area contributed by atoms with Crippen molar-refractivity contribution in [3.8, 4) is 5.75 Å². The van der Waals surface area contributed by atoms with Gasteiger partial charge in [-0.05, 0) is 48.9 Å². The highest BCUT2D eigenvalue weighted by atomic mass is 16.4. The quantitative estimate of drug-likeness (QED) is 0.531. The van der Waals surface area contributed by atoms with E-state index >= 15 is 0 Å². The number of nitrogens with one attached hydrogen (secondary N) is 1. The number of hydrogen-bond acceptors (Lipinski definition) is 6. The van der Waals surface area contributed by atoms with Crippen LogP contribution in [0, 0.1) is 6.92 Å². The second-order valence-corrected chi connectivity index (χ2v) is 6.41. The molecule has 0 spiro atoms. The summed E-state index contributed by atoms with van der Waals surface area (Å²) in [6.45, 7) is 1.73. The van der Waals surface area contributed by atoms with Crippen molar-refractivity contribution in [2.45, 2.75) is 13.3 Å². The van der Waals surface area contributed by atoms with Crippen molar-refractivity contribution in [3.63, 3.8) is 0 Å². The average molecular weight is 377 g/mol. The van der Waals surface area contributed by atoms with Gasteiger partial charge in [-0.3, -0.25) is 4.79 Å². The second-order valence-electron chi connectivity index (χ2n) is 6.41. The Morgan fingerprint density at radius 3 is 2.64 bits per heavy atom. The lowest BCUT2D eigenvalue weighted by molar-refractivity contribution is -0.115. The van der Waals surface area contributed by atoms with Crippen molar-refractivity contribution in [2.24, 2.45) is 0 Å². The van der Waals surface area contributed by atoms with E-state index in [9.17, 15) is 19.5 Å². The summed E-state index contributed by atoms with van der Waals surface area (Å²) in [5.74, 6) is -0.391. The Labute approximate surface area is 157 Å². The number of phenolic OH excluding ortho intramolecular Hbond substituents is 1. The molecule has 2 heterocycles. The van der Waals surface area contributed by atoms with Crippen molar-refractivity contribution in [2.75, 3.05) is 5.32 Å². The molecular formula is C21H15NO6. The molecule has 0 unspecified atom stereocenters. The Kier molecular flexibility index (Phi) is 4.19. The number of phenols is 1. The van der Waals surface area contributed by atoms with Gasteiger partial charge in [0.25, 0.3) is 0 Å². The van der Waals surface area contributed by atoms with Crippen LogP contribution in [0.15, 0.2) is 67.0 Å². The third-order valence-corrected chi connectivity index (χ3v) is 4.51. The molecule has 7 nitrogen and oxygen atoms in total. The second kappa shape index (κ2) is 6.70. The fraction of sp³-hybridized carbons (Fsp3) is 0.0952. The first-order valence-electron chi connectivity index (χ1n) is 8.50. The zero-order valence-electron chi connectivity index (χ0n) is 14.8. The van der Waals surface area contributed by atoms with Gasteiger partial charge in [0.05, 0.1) is 12.0 Å². The fourth-order valence-electron chi connectivity index (χ4n) is 3.10. The number of benzene rings is 2. The van der Waals surface area contributed by atoms with Gasteiger partial charge in [-0.2, -0.15) is 0 Å². The summed E-state index contributed by atoms with van der Waals surface area (Å²) < 4.78 is 10.3. The van der Waals surface area contributed by atoms with Crippen LogP contribution >= 0.6 is 0 Å². The maximum atomic E-state index is 12.5. The van der Waals surface area contributed by atoms with Crippen LogP contribution in [0.4, 0.5) is 5.69 Å². The number of rotatable bonds is 3. The summed E-state index contributed by atoms with van der Waals surface area (Å²) in [5.41, 5.74) is 1.01. The lowest BCUT2D eigenvalue weighted by Crippen LogP contribution is -2.20. The van der Waals surface area contributed by atoms with Crippen LogP contribution in [0.2, 0.25) is 0 Å². The summed E-state index contributed by atoms with van der Waals surface area (Å²) in [7, 11) is 0. The minimum Gasteiger partial charge on any atom is -0.508 e. The largest absolute Gasteiger partial charge is 0.508 e. The summed E-state index contributed by atoms with van der Waals surface area (Å²) in [5, 5.41) is 13.6. The van der Waals surface area contributed by atoms with Crippen molar-refractivity contribution < 1.29 is 18.7 Å². The van der Waals surface area contributed by atoms with Crippen molar-refractivity contribution in [1.29, 1.82) is 0 Å². The molecular weight excluding hydrogens is 362 g/mol. The number of aryl methyl sites for hydroxylation is 1. The Balaban J connectivity index is 1.62. The first-order chi connectivity index (χ1) is 13.4. The maximum absolute atomic E-state index is 12.5. The van der Waals surface area contributed by atoms with Crippen LogP contribution < -0.4 is 16.6 Å². The number of hydrogen-bond donors (Lipinski definition) is 2. The van der Waals surface area contributed by atoms with Crippen molar-refractivity contribution in [1.82, 2.24) is 0 Å². The van der Waals surface area contributed by atoms with E-state index in [2.05, 4.69) is 5.32 Å². The van der Waals surface area contributed by atoms with E-state index in [0.29, 0.717) is 27.6 Å². The Bertz CT molecular complexity index is 1350. The van der Waals surface area contributed by atoms with Gasteiger partial charge >= 0.3 is 11.3 Å². The van der Waals surface area contributed by atoms with Gasteiger partial charge in [0.1, 0.15) is 16.9 Å². The summed E-state index contributed by atoms with van der Waals surface area (Å²) in [6.07, 6.45) is -0.160. The van der Waals surface area contributed by atoms with Crippen LogP contribution in [0.25, 0.3) is 21.9 Å². The predicted molar refractivity (Wildman–Crippen MR) is 104 cm³/mol. The number of carbonyl (C=O) groups is 1. The van der Waals surface area contributed by atoms with E-state index in [0.717, 1.165) is 0 Å². The lowest BCUT2D eigenvalue weighted by atomic mass is 10.0.